The molecule has 1 atom stereocenters. The molecule has 0 saturated heterocycles. The highest BCUT2D eigenvalue weighted by atomic mass is 16.5. The highest BCUT2D eigenvalue weighted by molar-refractivity contribution is 5.84. The lowest BCUT2D eigenvalue weighted by Gasteiger charge is -2.37. The van der Waals surface area contributed by atoms with Gasteiger partial charge < -0.3 is 10.1 Å². The number of amides is 1. The standard InChI is InChI=1S/C22H27NO2/c1-22(2,21(24)23-18-10-7-11-18)20(16-8-5-4-6-9-16)17-12-14-19(25-3)15-13-17/h4-6,8-9,12-15,18,20H,7,10-11H2,1-3H3,(H,23,24)/t20-/m1/s1. The quantitative estimate of drug-likeness (QED) is 0.841. The molecular weight excluding hydrogens is 310 g/mol. The van der Waals surface area contributed by atoms with Crippen LogP contribution >= 0.6 is 0 Å². The zero-order valence-electron chi connectivity index (χ0n) is 15.3. The van der Waals surface area contributed by atoms with Crippen molar-refractivity contribution in [1.29, 1.82) is 0 Å². The van der Waals surface area contributed by atoms with Crippen molar-refractivity contribution in [1.82, 2.24) is 5.32 Å². The summed E-state index contributed by atoms with van der Waals surface area (Å²) in [5.74, 6) is 0.939. The molecule has 0 radical (unpaired) electrons. The van der Waals surface area contributed by atoms with E-state index in [1.165, 1.54) is 6.42 Å². The number of ether oxygens (including phenoxy) is 1. The lowest BCUT2D eigenvalue weighted by atomic mass is 9.70. The number of nitrogens with one attached hydrogen (secondary N) is 1. The third-order valence-corrected chi connectivity index (χ3v) is 5.33. The molecule has 1 fully saturated rings. The number of rotatable bonds is 6. The zero-order chi connectivity index (χ0) is 17.9. The fraction of sp³-hybridized carbons (Fsp3) is 0.409. The van der Waals surface area contributed by atoms with Crippen molar-refractivity contribution in [2.24, 2.45) is 5.41 Å². The first-order valence-electron chi connectivity index (χ1n) is 9.02. The Bertz CT molecular complexity index is 703. The summed E-state index contributed by atoms with van der Waals surface area (Å²) in [5, 5.41) is 3.24. The normalized spacial score (nSPS) is 16.0. The van der Waals surface area contributed by atoms with Crippen LogP contribution in [0.2, 0.25) is 0 Å². The van der Waals surface area contributed by atoms with E-state index in [2.05, 4.69) is 29.6 Å². The second-order valence-electron chi connectivity index (χ2n) is 7.44. The number of carbonyl (C=O) groups is 1. The van der Waals surface area contributed by atoms with Crippen LogP contribution in [0.5, 0.6) is 5.75 Å². The van der Waals surface area contributed by atoms with Crippen molar-refractivity contribution in [2.45, 2.75) is 45.1 Å². The molecule has 1 aliphatic rings. The molecule has 3 nitrogen and oxygen atoms in total. The van der Waals surface area contributed by atoms with Crippen molar-refractivity contribution in [2.75, 3.05) is 7.11 Å². The molecule has 0 unspecified atom stereocenters. The fourth-order valence-corrected chi connectivity index (χ4v) is 3.52. The lowest BCUT2D eigenvalue weighted by Crippen LogP contribution is -2.48. The van der Waals surface area contributed by atoms with Crippen LogP contribution in [0, 0.1) is 5.41 Å². The van der Waals surface area contributed by atoms with E-state index in [0.717, 1.165) is 29.7 Å². The molecule has 3 rings (SSSR count). The van der Waals surface area contributed by atoms with Gasteiger partial charge in [0.1, 0.15) is 5.75 Å². The Balaban J connectivity index is 1.95. The van der Waals surface area contributed by atoms with E-state index >= 15 is 0 Å². The van der Waals surface area contributed by atoms with E-state index in [9.17, 15) is 4.79 Å². The van der Waals surface area contributed by atoms with Gasteiger partial charge in [0.15, 0.2) is 0 Å². The van der Waals surface area contributed by atoms with Gasteiger partial charge in [-0.05, 0) is 42.5 Å². The molecule has 1 amide bonds. The minimum absolute atomic E-state index is 0.0142. The summed E-state index contributed by atoms with van der Waals surface area (Å²) in [6.45, 7) is 4.09. The van der Waals surface area contributed by atoms with Crippen LogP contribution in [0.4, 0.5) is 0 Å². The zero-order valence-corrected chi connectivity index (χ0v) is 15.3. The van der Waals surface area contributed by atoms with E-state index in [4.69, 9.17) is 4.74 Å². The molecule has 0 spiro atoms. The van der Waals surface area contributed by atoms with Crippen LogP contribution in [-0.4, -0.2) is 19.1 Å². The van der Waals surface area contributed by atoms with E-state index in [1.807, 2.05) is 44.2 Å². The second-order valence-corrected chi connectivity index (χ2v) is 7.44. The molecule has 0 heterocycles. The Kier molecular flexibility index (Phi) is 5.12. The Morgan fingerprint density at radius 3 is 2.16 bits per heavy atom. The number of methoxy groups -OCH3 is 1. The molecule has 0 bridgehead atoms. The molecule has 0 aromatic heterocycles. The van der Waals surface area contributed by atoms with Crippen LogP contribution in [0.15, 0.2) is 54.6 Å². The topological polar surface area (TPSA) is 38.3 Å². The average molecular weight is 337 g/mol. The summed E-state index contributed by atoms with van der Waals surface area (Å²) in [4.78, 5) is 13.0. The highest BCUT2D eigenvalue weighted by Gasteiger charge is 2.40. The van der Waals surface area contributed by atoms with E-state index in [-0.39, 0.29) is 11.8 Å². The van der Waals surface area contributed by atoms with E-state index in [0.29, 0.717) is 6.04 Å². The lowest BCUT2D eigenvalue weighted by molar-refractivity contribution is -0.131. The predicted octanol–water partition coefficient (Wildman–Crippen LogP) is 4.52. The predicted molar refractivity (Wildman–Crippen MR) is 101 cm³/mol. The summed E-state index contributed by atoms with van der Waals surface area (Å²) in [6.07, 6.45) is 3.41. The molecule has 25 heavy (non-hydrogen) atoms. The van der Waals surface area contributed by atoms with Crippen molar-refractivity contribution in [3.05, 3.63) is 65.7 Å². The van der Waals surface area contributed by atoms with Crippen molar-refractivity contribution in [3.8, 4) is 5.75 Å². The smallest absolute Gasteiger partial charge is 0.226 e. The monoisotopic (exact) mass is 337 g/mol. The van der Waals surface area contributed by atoms with Gasteiger partial charge in [-0.15, -0.1) is 0 Å². The van der Waals surface area contributed by atoms with Crippen molar-refractivity contribution >= 4 is 5.91 Å². The minimum atomic E-state index is -0.550. The molecule has 2 aromatic rings. The van der Waals surface area contributed by atoms with Crippen molar-refractivity contribution in [3.63, 3.8) is 0 Å². The molecule has 1 N–H and O–H groups in total. The maximum Gasteiger partial charge on any atom is 0.226 e. The molecule has 1 saturated carbocycles. The third kappa shape index (κ3) is 3.71. The van der Waals surface area contributed by atoms with Gasteiger partial charge in [0.05, 0.1) is 12.5 Å². The first kappa shape index (κ1) is 17.5. The van der Waals surface area contributed by atoms with Gasteiger partial charge in [-0.2, -0.15) is 0 Å². The van der Waals surface area contributed by atoms with Gasteiger partial charge >= 0.3 is 0 Å². The van der Waals surface area contributed by atoms with Crippen molar-refractivity contribution < 1.29 is 9.53 Å². The van der Waals surface area contributed by atoms with Gasteiger partial charge in [0, 0.05) is 12.0 Å². The van der Waals surface area contributed by atoms with Crippen LogP contribution in [0.25, 0.3) is 0 Å². The summed E-state index contributed by atoms with van der Waals surface area (Å²) < 4.78 is 5.28. The summed E-state index contributed by atoms with van der Waals surface area (Å²) in [5.41, 5.74) is 1.73. The molecule has 2 aromatic carbocycles. The second kappa shape index (κ2) is 7.30. The highest BCUT2D eigenvalue weighted by Crippen LogP contribution is 2.42. The van der Waals surface area contributed by atoms with Gasteiger partial charge in [0.2, 0.25) is 5.91 Å². The minimum Gasteiger partial charge on any atom is -0.497 e. The van der Waals surface area contributed by atoms with E-state index < -0.39 is 5.41 Å². The average Bonchev–Trinajstić information content (AvgIpc) is 2.59. The van der Waals surface area contributed by atoms with Crippen LogP contribution < -0.4 is 10.1 Å². The number of benzene rings is 2. The molecule has 3 heteroatoms. The summed E-state index contributed by atoms with van der Waals surface area (Å²) in [7, 11) is 1.67. The Morgan fingerprint density at radius 2 is 1.64 bits per heavy atom. The first-order chi connectivity index (χ1) is 12.0. The van der Waals surface area contributed by atoms with Gasteiger partial charge in [-0.25, -0.2) is 0 Å². The summed E-state index contributed by atoms with van der Waals surface area (Å²) in [6, 6.07) is 18.7. The number of carbonyl (C=O) groups excluding carboxylic acids is 1. The Morgan fingerprint density at radius 1 is 1.04 bits per heavy atom. The maximum atomic E-state index is 13.0. The maximum absolute atomic E-state index is 13.0. The van der Waals surface area contributed by atoms with Crippen LogP contribution in [0.3, 0.4) is 0 Å². The molecule has 1 aliphatic carbocycles. The van der Waals surface area contributed by atoms with E-state index in [1.54, 1.807) is 7.11 Å². The first-order valence-corrected chi connectivity index (χ1v) is 9.02. The fourth-order valence-electron chi connectivity index (χ4n) is 3.52. The molecule has 0 aliphatic heterocycles. The number of hydrogen-bond donors (Lipinski definition) is 1. The molecule has 132 valence electrons. The Hall–Kier alpha value is -2.29. The third-order valence-electron chi connectivity index (χ3n) is 5.33. The SMILES string of the molecule is COc1ccc([C@@H](c2ccccc2)C(C)(C)C(=O)NC2CCC2)cc1. The number of hydrogen-bond acceptors (Lipinski definition) is 2. The van der Waals surface area contributed by atoms with Gasteiger partial charge in [-0.3, -0.25) is 4.79 Å². The molecular formula is C22H27NO2. The van der Waals surface area contributed by atoms with Crippen LogP contribution in [-0.2, 0) is 4.79 Å². The van der Waals surface area contributed by atoms with Gasteiger partial charge in [0.25, 0.3) is 0 Å². The Labute approximate surface area is 150 Å². The van der Waals surface area contributed by atoms with Gasteiger partial charge in [-0.1, -0.05) is 56.3 Å². The summed E-state index contributed by atoms with van der Waals surface area (Å²) >= 11 is 0. The van der Waals surface area contributed by atoms with Crippen LogP contribution in [0.1, 0.15) is 50.2 Å². The largest absolute Gasteiger partial charge is 0.497 e.